The quantitative estimate of drug-likeness (QED) is 0.415. The summed E-state index contributed by atoms with van der Waals surface area (Å²) < 4.78 is 0. The fourth-order valence-electron chi connectivity index (χ4n) is 2.61. The molecule has 3 rings (SSSR count). The van der Waals surface area contributed by atoms with Crippen LogP contribution in [-0.2, 0) is 0 Å². The van der Waals surface area contributed by atoms with Crippen LogP contribution in [0.2, 0.25) is 5.02 Å². The molecule has 0 aliphatic rings. The molecule has 5 N–H and O–H groups in total. The number of aromatic amines is 1. The third-order valence-corrected chi connectivity index (χ3v) is 4.29. The maximum atomic E-state index is 12.4. The van der Waals surface area contributed by atoms with E-state index >= 15 is 0 Å². The van der Waals surface area contributed by atoms with Gasteiger partial charge in [-0.2, -0.15) is 0 Å². The molecule has 8 nitrogen and oxygen atoms in total. The number of benzene rings is 1. The SMILES string of the molecule is CNc1cc(Cl)ccc1C(=N)c1cnc2[nH]cc(C(=O)NC(C)CO)c2n1. The lowest BCUT2D eigenvalue weighted by atomic mass is 10.1. The average Bonchev–Trinajstić information content (AvgIpc) is 3.10. The Morgan fingerprint density at radius 1 is 1.41 bits per heavy atom. The van der Waals surface area contributed by atoms with Crippen LogP contribution >= 0.6 is 11.6 Å². The standard InChI is InChI=1S/C18H19ClN6O2/c1-9(8-26)24-18(27)12-6-22-17-16(12)25-14(7-23-17)15(20)11-4-3-10(19)5-13(11)21-2/h3-7,9,20-21,26H,8H2,1-2H3,(H,22,23)(H,24,27). The number of rotatable bonds is 6. The van der Waals surface area contributed by atoms with Crippen molar-refractivity contribution in [2.45, 2.75) is 13.0 Å². The molecule has 1 atom stereocenters. The van der Waals surface area contributed by atoms with E-state index in [-0.39, 0.29) is 24.3 Å². The van der Waals surface area contributed by atoms with Crippen LogP contribution in [0.1, 0.15) is 28.5 Å². The van der Waals surface area contributed by atoms with Gasteiger partial charge in [-0.25, -0.2) is 9.97 Å². The van der Waals surface area contributed by atoms with Crippen molar-refractivity contribution >= 4 is 40.1 Å². The normalized spacial score (nSPS) is 12.0. The van der Waals surface area contributed by atoms with Crippen molar-refractivity contribution in [2.24, 2.45) is 0 Å². The molecule has 9 heteroatoms. The van der Waals surface area contributed by atoms with Crippen molar-refractivity contribution in [1.82, 2.24) is 20.3 Å². The molecule has 0 radical (unpaired) electrons. The van der Waals surface area contributed by atoms with Crippen molar-refractivity contribution in [3.8, 4) is 0 Å². The van der Waals surface area contributed by atoms with E-state index in [2.05, 4.69) is 25.6 Å². The molecule has 1 amide bonds. The first-order chi connectivity index (χ1) is 12.9. The second-order valence-electron chi connectivity index (χ2n) is 6.03. The second kappa shape index (κ2) is 7.73. The van der Waals surface area contributed by atoms with Crippen LogP contribution in [0.15, 0.2) is 30.6 Å². The Labute approximate surface area is 160 Å². The molecular weight excluding hydrogens is 368 g/mol. The monoisotopic (exact) mass is 386 g/mol. The van der Waals surface area contributed by atoms with Crippen LogP contribution < -0.4 is 10.6 Å². The maximum Gasteiger partial charge on any atom is 0.255 e. The van der Waals surface area contributed by atoms with E-state index < -0.39 is 0 Å². The molecule has 0 fully saturated rings. The molecule has 0 saturated carbocycles. The molecule has 27 heavy (non-hydrogen) atoms. The Kier molecular flexibility index (Phi) is 5.38. The smallest absolute Gasteiger partial charge is 0.255 e. The largest absolute Gasteiger partial charge is 0.394 e. The van der Waals surface area contributed by atoms with Gasteiger partial charge in [-0.05, 0) is 25.1 Å². The van der Waals surface area contributed by atoms with Crippen LogP contribution in [0.3, 0.4) is 0 Å². The topological polar surface area (TPSA) is 127 Å². The Morgan fingerprint density at radius 2 is 2.19 bits per heavy atom. The van der Waals surface area contributed by atoms with Crippen LogP contribution in [0.5, 0.6) is 0 Å². The number of aromatic nitrogens is 3. The number of H-pyrrole nitrogens is 1. The molecule has 1 aromatic carbocycles. The van der Waals surface area contributed by atoms with Crippen molar-refractivity contribution in [2.75, 3.05) is 19.0 Å². The highest BCUT2D eigenvalue weighted by Gasteiger charge is 2.18. The summed E-state index contributed by atoms with van der Waals surface area (Å²) in [5, 5.41) is 23.9. The molecular formula is C18H19ClN6O2. The molecule has 3 aromatic rings. The number of carbonyl (C=O) groups is 1. The van der Waals surface area contributed by atoms with Gasteiger partial charge in [-0.1, -0.05) is 11.6 Å². The highest BCUT2D eigenvalue weighted by molar-refractivity contribution is 6.31. The zero-order valence-electron chi connectivity index (χ0n) is 14.8. The van der Waals surface area contributed by atoms with E-state index in [9.17, 15) is 4.79 Å². The lowest BCUT2D eigenvalue weighted by molar-refractivity contribution is 0.0924. The number of nitrogens with zero attached hydrogens (tertiary/aromatic N) is 2. The predicted octanol–water partition coefficient (Wildman–Crippen LogP) is 2.18. The van der Waals surface area contributed by atoms with Crippen molar-refractivity contribution < 1.29 is 9.90 Å². The molecule has 0 aliphatic heterocycles. The zero-order valence-corrected chi connectivity index (χ0v) is 15.6. The summed E-state index contributed by atoms with van der Waals surface area (Å²) in [6, 6.07) is 4.77. The third-order valence-electron chi connectivity index (χ3n) is 4.05. The van der Waals surface area contributed by atoms with E-state index in [0.29, 0.717) is 38.7 Å². The number of aliphatic hydroxyl groups is 1. The first-order valence-electron chi connectivity index (χ1n) is 8.27. The van der Waals surface area contributed by atoms with Gasteiger partial charge in [-0.15, -0.1) is 0 Å². The Hall–Kier alpha value is -2.97. The van der Waals surface area contributed by atoms with Gasteiger partial charge in [0, 0.05) is 35.6 Å². The van der Waals surface area contributed by atoms with Crippen molar-refractivity contribution in [1.29, 1.82) is 5.41 Å². The Balaban J connectivity index is 2.00. The minimum absolute atomic E-state index is 0.154. The predicted molar refractivity (Wildman–Crippen MR) is 105 cm³/mol. The van der Waals surface area contributed by atoms with Gasteiger partial charge in [0.25, 0.3) is 5.91 Å². The summed E-state index contributed by atoms with van der Waals surface area (Å²) in [5.41, 5.74) is 2.90. The summed E-state index contributed by atoms with van der Waals surface area (Å²) in [6.07, 6.45) is 2.99. The fourth-order valence-corrected chi connectivity index (χ4v) is 2.78. The van der Waals surface area contributed by atoms with Crippen molar-refractivity contribution in [3.63, 3.8) is 0 Å². The van der Waals surface area contributed by atoms with Gasteiger partial charge in [0.1, 0.15) is 11.2 Å². The van der Waals surface area contributed by atoms with E-state index in [0.717, 1.165) is 0 Å². The highest BCUT2D eigenvalue weighted by atomic mass is 35.5. The zero-order chi connectivity index (χ0) is 19.6. The fraction of sp³-hybridized carbons (Fsp3) is 0.222. The minimum Gasteiger partial charge on any atom is -0.394 e. The molecule has 2 aromatic heterocycles. The third kappa shape index (κ3) is 3.76. The highest BCUT2D eigenvalue weighted by Crippen LogP contribution is 2.23. The van der Waals surface area contributed by atoms with Crippen LogP contribution in [0, 0.1) is 5.41 Å². The van der Waals surface area contributed by atoms with Crippen LogP contribution in [0.25, 0.3) is 11.2 Å². The van der Waals surface area contributed by atoms with Gasteiger partial charge < -0.3 is 20.7 Å². The molecule has 0 bridgehead atoms. The number of fused-ring (bicyclic) bond motifs is 1. The van der Waals surface area contributed by atoms with Gasteiger partial charge in [-0.3, -0.25) is 10.2 Å². The lowest BCUT2D eigenvalue weighted by Crippen LogP contribution is -2.34. The second-order valence-corrected chi connectivity index (χ2v) is 6.46. The first kappa shape index (κ1) is 18.8. The molecule has 1 unspecified atom stereocenters. The number of hydrogen-bond acceptors (Lipinski definition) is 6. The molecule has 0 saturated heterocycles. The average molecular weight is 387 g/mol. The van der Waals surface area contributed by atoms with E-state index in [1.165, 1.54) is 12.4 Å². The van der Waals surface area contributed by atoms with Crippen LogP contribution in [0.4, 0.5) is 5.69 Å². The molecule has 2 heterocycles. The van der Waals surface area contributed by atoms with Gasteiger partial charge in [0.2, 0.25) is 0 Å². The summed E-state index contributed by atoms with van der Waals surface area (Å²) in [7, 11) is 1.74. The molecule has 140 valence electrons. The lowest BCUT2D eigenvalue weighted by Gasteiger charge is -2.11. The van der Waals surface area contributed by atoms with E-state index in [1.54, 1.807) is 32.2 Å². The summed E-state index contributed by atoms with van der Waals surface area (Å²) >= 11 is 6.01. The maximum absolute atomic E-state index is 12.4. The molecule has 0 spiro atoms. The Bertz CT molecular complexity index is 1020. The van der Waals surface area contributed by atoms with E-state index in [1.807, 2.05) is 0 Å². The number of anilines is 1. The number of halogens is 1. The minimum atomic E-state index is -0.385. The summed E-state index contributed by atoms with van der Waals surface area (Å²) in [6.45, 7) is 1.53. The van der Waals surface area contributed by atoms with Gasteiger partial charge in [0.05, 0.1) is 24.1 Å². The number of amides is 1. The number of carbonyl (C=O) groups excluding carboxylic acids is 1. The van der Waals surface area contributed by atoms with Gasteiger partial charge >= 0.3 is 0 Å². The number of nitrogens with one attached hydrogen (secondary N) is 4. The first-order valence-corrected chi connectivity index (χ1v) is 8.64. The Morgan fingerprint density at radius 3 is 2.89 bits per heavy atom. The summed E-state index contributed by atoms with van der Waals surface area (Å²) in [4.78, 5) is 24.0. The molecule has 0 aliphatic carbocycles. The number of hydrogen-bond donors (Lipinski definition) is 5. The summed E-state index contributed by atoms with van der Waals surface area (Å²) in [5.74, 6) is -0.372. The van der Waals surface area contributed by atoms with Crippen LogP contribution in [-0.4, -0.2) is 51.4 Å². The number of aliphatic hydroxyl groups excluding tert-OH is 1. The van der Waals surface area contributed by atoms with E-state index in [4.69, 9.17) is 22.1 Å². The van der Waals surface area contributed by atoms with Crippen molar-refractivity contribution in [3.05, 3.63) is 52.4 Å². The van der Waals surface area contributed by atoms with Gasteiger partial charge in [0.15, 0.2) is 5.65 Å².